The van der Waals surface area contributed by atoms with E-state index in [2.05, 4.69) is 0 Å². The van der Waals surface area contributed by atoms with Gasteiger partial charge in [-0.2, -0.15) is 0 Å². The zero-order valence-electron chi connectivity index (χ0n) is 15.9. The lowest BCUT2D eigenvalue weighted by molar-refractivity contribution is -0.176. The number of nitrogens with zero attached hydrogens (tertiary/aromatic N) is 1. The van der Waals surface area contributed by atoms with E-state index in [0.29, 0.717) is 5.02 Å². The van der Waals surface area contributed by atoms with E-state index >= 15 is 0 Å². The topological polar surface area (TPSA) is 99.2 Å². The summed E-state index contributed by atoms with van der Waals surface area (Å²) in [7, 11) is 2.27. The van der Waals surface area contributed by atoms with Crippen molar-refractivity contribution >= 4 is 35.2 Å². The van der Waals surface area contributed by atoms with Gasteiger partial charge < -0.3 is 19.1 Å². The molecule has 2 atom stereocenters. The van der Waals surface area contributed by atoms with Gasteiger partial charge in [0.05, 0.1) is 14.2 Å². The van der Waals surface area contributed by atoms with Gasteiger partial charge in [-0.25, -0.2) is 0 Å². The average Bonchev–Trinajstić information content (AvgIpc) is 3.01. The van der Waals surface area contributed by atoms with Crippen molar-refractivity contribution < 1.29 is 33.4 Å². The Bertz CT molecular complexity index is 867. The molecule has 29 heavy (non-hydrogen) atoms. The molecule has 2 unspecified atom stereocenters. The van der Waals surface area contributed by atoms with Gasteiger partial charge in [0.25, 0.3) is 5.91 Å². The van der Waals surface area contributed by atoms with Crippen LogP contribution in [0.5, 0.6) is 0 Å². The van der Waals surface area contributed by atoms with Gasteiger partial charge in [-0.3, -0.25) is 19.2 Å². The summed E-state index contributed by atoms with van der Waals surface area (Å²) in [6, 6.07) is 6.94. The number of halogens is 1. The minimum Gasteiger partial charge on any atom is -0.468 e. The lowest BCUT2D eigenvalue weighted by atomic mass is 9.75. The number of ketones is 1. The zero-order valence-corrected chi connectivity index (χ0v) is 16.7. The number of carbonyl (C=O) groups excluding carboxylic acids is 4. The highest BCUT2D eigenvalue weighted by Gasteiger charge is 2.58. The zero-order chi connectivity index (χ0) is 21.2. The molecule has 154 valence electrons. The number of allylic oxidation sites excluding steroid dienone is 1. The molecule has 1 aromatic rings. The molecule has 1 saturated heterocycles. The normalized spacial score (nSPS) is 23.7. The molecule has 0 saturated carbocycles. The fourth-order valence-electron chi connectivity index (χ4n) is 3.81. The summed E-state index contributed by atoms with van der Waals surface area (Å²) < 4.78 is 15.4. The number of hydrogen-bond acceptors (Lipinski definition) is 7. The van der Waals surface area contributed by atoms with Crippen molar-refractivity contribution in [3.63, 3.8) is 0 Å². The molecule has 0 N–H and O–H groups in total. The van der Waals surface area contributed by atoms with Crippen molar-refractivity contribution in [2.75, 3.05) is 20.8 Å². The predicted molar refractivity (Wildman–Crippen MR) is 100 cm³/mol. The highest BCUT2D eigenvalue weighted by Crippen LogP contribution is 2.43. The molecule has 0 radical (unpaired) electrons. The van der Waals surface area contributed by atoms with Crippen LogP contribution in [0.3, 0.4) is 0 Å². The van der Waals surface area contributed by atoms with Gasteiger partial charge in [-0.05, 0) is 29.8 Å². The highest BCUT2D eigenvalue weighted by atomic mass is 35.5. The molecule has 1 aliphatic heterocycles. The van der Waals surface area contributed by atoms with Crippen molar-refractivity contribution in [2.45, 2.75) is 18.7 Å². The summed E-state index contributed by atoms with van der Waals surface area (Å²) in [5.74, 6) is -4.83. The molecule has 0 aromatic heterocycles. The number of hydrogen-bond donors (Lipinski definition) is 0. The Morgan fingerprint density at radius 3 is 2.59 bits per heavy atom. The minimum absolute atomic E-state index is 0.115. The highest BCUT2D eigenvalue weighted by molar-refractivity contribution is 6.30. The Morgan fingerprint density at radius 1 is 1.28 bits per heavy atom. The largest absolute Gasteiger partial charge is 0.468 e. The van der Waals surface area contributed by atoms with Crippen molar-refractivity contribution in [1.82, 2.24) is 4.90 Å². The van der Waals surface area contributed by atoms with Crippen LogP contribution in [0, 0.1) is 11.8 Å². The van der Waals surface area contributed by atoms with Crippen molar-refractivity contribution in [3.05, 3.63) is 47.0 Å². The van der Waals surface area contributed by atoms with Crippen molar-refractivity contribution in [3.8, 4) is 0 Å². The quantitative estimate of drug-likeness (QED) is 0.524. The standard InChI is InChI=1S/C20H20ClNO7/c1-27-18(25)17(19(26)28-2)15-9-14(23)6-7-20(15)22(16(24)11-29-20)10-12-4-3-5-13(21)8-12/h3-8,15,17H,9-11H2,1-2H3. The number of ether oxygens (including phenoxy) is 3. The fourth-order valence-corrected chi connectivity index (χ4v) is 4.02. The maximum atomic E-state index is 12.7. The third kappa shape index (κ3) is 3.90. The predicted octanol–water partition coefficient (Wildman–Crippen LogP) is 1.50. The first kappa shape index (κ1) is 21.0. The first-order chi connectivity index (χ1) is 13.8. The molecular formula is C20H20ClNO7. The molecule has 2 aliphatic rings. The SMILES string of the molecule is COC(=O)C(C(=O)OC)C1CC(=O)C=CC12OCC(=O)N2Cc1cccc(Cl)c1. The molecule has 1 aromatic carbocycles. The van der Waals surface area contributed by atoms with Crippen LogP contribution in [0.4, 0.5) is 0 Å². The van der Waals surface area contributed by atoms with Gasteiger partial charge in [-0.15, -0.1) is 0 Å². The van der Waals surface area contributed by atoms with Gasteiger partial charge in [0, 0.05) is 23.9 Å². The maximum absolute atomic E-state index is 12.7. The van der Waals surface area contributed by atoms with Gasteiger partial charge in [0.15, 0.2) is 17.4 Å². The maximum Gasteiger partial charge on any atom is 0.320 e. The van der Waals surface area contributed by atoms with E-state index in [9.17, 15) is 19.2 Å². The smallest absolute Gasteiger partial charge is 0.320 e. The van der Waals surface area contributed by atoms with Gasteiger partial charge in [0.2, 0.25) is 0 Å². The Morgan fingerprint density at radius 2 is 1.97 bits per heavy atom. The second kappa shape index (κ2) is 8.34. The Labute approximate surface area is 172 Å². The molecule has 1 spiro atoms. The molecule has 8 nitrogen and oxygen atoms in total. The summed E-state index contributed by atoms with van der Waals surface area (Å²) in [6.07, 6.45) is 2.54. The van der Waals surface area contributed by atoms with E-state index in [1.54, 1.807) is 24.3 Å². The van der Waals surface area contributed by atoms with E-state index in [1.165, 1.54) is 17.1 Å². The van der Waals surface area contributed by atoms with E-state index in [1.807, 2.05) is 0 Å². The van der Waals surface area contributed by atoms with Crippen LogP contribution < -0.4 is 0 Å². The molecule has 0 bridgehead atoms. The van der Waals surface area contributed by atoms with Crippen LogP contribution in [-0.2, 0) is 39.9 Å². The lowest BCUT2D eigenvalue weighted by Crippen LogP contribution is -2.57. The van der Waals surface area contributed by atoms with E-state index in [4.69, 9.17) is 25.8 Å². The summed E-state index contributed by atoms with van der Waals surface area (Å²) in [5, 5.41) is 0.497. The molecule has 9 heteroatoms. The Balaban J connectivity index is 2.06. The first-order valence-corrected chi connectivity index (χ1v) is 9.26. The lowest BCUT2D eigenvalue weighted by Gasteiger charge is -2.44. The van der Waals surface area contributed by atoms with Crippen molar-refractivity contribution in [2.24, 2.45) is 11.8 Å². The third-order valence-electron chi connectivity index (χ3n) is 5.15. The number of amides is 1. The van der Waals surface area contributed by atoms with E-state index < -0.39 is 29.5 Å². The summed E-state index contributed by atoms with van der Waals surface area (Å²) >= 11 is 6.05. The van der Waals surface area contributed by atoms with Crippen LogP contribution in [0.15, 0.2) is 36.4 Å². The number of rotatable bonds is 5. The monoisotopic (exact) mass is 421 g/mol. The Hall–Kier alpha value is -2.71. The second-order valence-corrected chi connectivity index (χ2v) is 7.22. The number of methoxy groups -OCH3 is 2. The van der Waals surface area contributed by atoms with Gasteiger partial charge in [-0.1, -0.05) is 23.7 Å². The average molecular weight is 422 g/mol. The van der Waals surface area contributed by atoms with Crippen molar-refractivity contribution in [1.29, 1.82) is 0 Å². The molecule has 1 amide bonds. The number of esters is 2. The number of benzene rings is 1. The third-order valence-corrected chi connectivity index (χ3v) is 5.39. The molecule has 3 rings (SSSR count). The Kier molecular flexibility index (Phi) is 6.04. The summed E-state index contributed by atoms with van der Waals surface area (Å²) in [4.78, 5) is 51.1. The fraction of sp³-hybridized carbons (Fsp3) is 0.400. The van der Waals surface area contributed by atoms with E-state index in [-0.39, 0.29) is 31.3 Å². The van der Waals surface area contributed by atoms with Crippen LogP contribution in [-0.4, -0.2) is 55.1 Å². The molecular weight excluding hydrogens is 402 g/mol. The van der Waals surface area contributed by atoms with Crippen LogP contribution in [0.1, 0.15) is 12.0 Å². The first-order valence-electron chi connectivity index (χ1n) is 8.89. The molecule has 1 fully saturated rings. The van der Waals surface area contributed by atoms with E-state index in [0.717, 1.165) is 19.8 Å². The summed E-state index contributed by atoms with van der Waals surface area (Å²) in [5.41, 5.74) is -0.743. The van der Waals surface area contributed by atoms with Crippen LogP contribution >= 0.6 is 11.6 Å². The van der Waals surface area contributed by atoms with Gasteiger partial charge in [0.1, 0.15) is 6.61 Å². The molecule has 1 aliphatic carbocycles. The molecule has 1 heterocycles. The van der Waals surface area contributed by atoms with Crippen LogP contribution in [0.25, 0.3) is 0 Å². The number of carbonyl (C=O) groups is 4. The van der Waals surface area contributed by atoms with Crippen LogP contribution in [0.2, 0.25) is 5.02 Å². The second-order valence-electron chi connectivity index (χ2n) is 6.78. The minimum atomic E-state index is -1.47. The summed E-state index contributed by atoms with van der Waals surface area (Å²) in [6.45, 7) is -0.145. The van der Waals surface area contributed by atoms with Gasteiger partial charge >= 0.3 is 11.9 Å².